The first-order chi connectivity index (χ1) is 13.5. The van der Waals surface area contributed by atoms with Gasteiger partial charge in [-0.05, 0) is 44.4 Å². The monoisotopic (exact) mass is 395 g/mol. The second kappa shape index (κ2) is 19.0. The Bertz CT molecular complexity index is 418. The molecular weight excluding hydrogens is 350 g/mol. The number of nitrogens with one attached hydrogen (secondary N) is 1. The minimum atomic E-state index is -0.938. The molecule has 0 aromatic heterocycles. The summed E-state index contributed by atoms with van der Waals surface area (Å²) >= 11 is 0. The number of hydrogen-bond donors (Lipinski definition) is 2. The van der Waals surface area contributed by atoms with Crippen LogP contribution in [-0.4, -0.2) is 23.0 Å². The van der Waals surface area contributed by atoms with Crippen LogP contribution < -0.4 is 5.32 Å². The van der Waals surface area contributed by atoms with Crippen molar-refractivity contribution in [2.45, 2.75) is 123 Å². The summed E-state index contributed by atoms with van der Waals surface area (Å²) in [7, 11) is 0. The number of carboxylic acid groups (broad SMARTS) is 1. The fraction of sp³-hybridized carbons (Fsp3) is 0.833. The second-order valence-corrected chi connectivity index (χ2v) is 8.42. The summed E-state index contributed by atoms with van der Waals surface area (Å²) in [6.45, 7) is 6.18. The highest BCUT2D eigenvalue weighted by molar-refractivity contribution is 5.83. The summed E-state index contributed by atoms with van der Waals surface area (Å²) in [4.78, 5) is 23.1. The van der Waals surface area contributed by atoms with Gasteiger partial charge in [-0.25, -0.2) is 4.79 Å². The van der Waals surface area contributed by atoms with Crippen molar-refractivity contribution in [2.75, 3.05) is 0 Å². The van der Waals surface area contributed by atoms with Crippen molar-refractivity contribution in [3.63, 3.8) is 0 Å². The number of carboxylic acids is 1. The number of allylic oxidation sites excluding steroid dienone is 2. The predicted molar refractivity (Wildman–Crippen MR) is 118 cm³/mol. The Morgan fingerprint density at radius 2 is 1.32 bits per heavy atom. The maximum absolute atomic E-state index is 11.9. The first-order valence-electron chi connectivity index (χ1n) is 11.6. The molecule has 2 N–H and O–H groups in total. The maximum Gasteiger partial charge on any atom is 0.326 e. The van der Waals surface area contributed by atoms with Crippen molar-refractivity contribution in [1.29, 1.82) is 0 Å². The van der Waals surface area contributed by atoms with Crippen LogP contribution in [0.25, 0.3) is 0 Å². The molecule has 1 amide bonds. The molecule has 0 fully saturated rings. The minimum absolute atomic E-state index is 0.134. The molecule has 0 aliphatic heterocycles. The molecule has 0 saturated carbocycles. The van der Waals surface area contributed by atoms with E-state index in [2.05, 4.69) is 24.4 Å². The number of carbonyl (C=O) groups excluding carboxylic acids is 1. The molecule has 4 nitrogen and oxygen atoms in total. The summed E-state index contributed by atoms with van der Waals surface area (Å²) < 4.78 is 0. The van der Waals surface area contributed by atoms with Gasteiger partial charge in [0.25, 0.3) is 0 Å². The lowest BCUT2D eigenvalue weighted by Crippen LogP contribution is -2.41. The van der Waals surface area contributed by atoms with Crippen LogP contribution in [0, 0.1) is 5.92 Å². The van der Waals surface area contributed by atoms with Crippen LogP contribution in [0.5, 0.6) is 0 Å². The SMILES string of the molecule is CCCCCCCCC=CCCCCCCCC(=O)N[C@@H](CC(C)C)C(=O)O. The van der Waals surface area contributed by atoms with E-state index in [1.165, 1.54) is 57.8 Å². The standard InChI is InChI=1S/C24H45NO3/c1-4-5-6-7-8-9-10-11-12-13-14-15-16-17-18-19-23(26)25-22(24(27)28)20-21(2)3/h11-12,21-22H,4-10,13-20H2,1-3H3,(H,25,26)(H,27,28)/t22-/m0/s1. The number of hydrogen-bond acceptors (Lipinski definition) is 2. The lowest BCUT2D eigenvalue weighted by atomic mass is 10.0. The van der Waals surface area contributed by atoms with E-state index in [-0.39, 0.29) is 11.8 Å². The average Bonchev–Trinajstić information content (AvgIpc) is 2.64. The third-order valence-electron chi connectivity index (χ3n) is 5.01. The van der Waals surface area contributed by atoms with E-state index < -0.39 is 12.0 Å². The van der Waals surface area contributed by atoms with Gasteiger partial charge in [-0.2, -0.15) is 0 Å². The molecule has 0 aromatic rings. The zero-order chi connectivity index (χ0) is 21.0. The molecule has 0 bridgehead atoms. The molecule has 0 heterocycles. The third-order valence-corrected chi connectivity index (χ3v) is 5.01. The highest BCUT2D eigenvalue weighted by Gasteiger charge is 2.20. The number of unbranched alkanes of at least 4 members (excludes halogenated alkanes) is 11. The van der Waals surface area contributed by atoms with E-state index in [9.17, 15) is 9.59 Å². The highest BCUT2D eigenvalue weighted by atomic mass is 16.4. The summed E-state index contributed by atoms with van der Waals surface area (Å²) in [6.07, 6.45) is 21.5. The Balaban J connectivity index is 3.50. The normalized spacial score (nSPS) is 12.6. The largest absolute Gasteiger partial charge is 0.480 e. The predicted octanol–water partition coefficient (Wildman–Crippen LogP) is 6.64. The molecule has 0 spiro atoms. The lowest BCUT2D eigenvalue weighted by Gasteiger charge is -2.16. The minimum Gasteiger partial charge on any atom is -0.480 e. The molecule has 1 atom stereocenters. The Morgan fingerprint density at radius 1 is 0.821 bits per heavy atom. The zero-order valence-electron chi connectivity index (χ0n) is 18.7. The number of amides is 1. The van der Waals surface area contributed by atoms with Gasteiger partial charge in [0, 0.05) is 6.42 Å². The Labute approximate surface area is 173 Å². The second-order valence-electron chi connectivity index (χ2n) is 8.42. The van der Waals surface area contributed by atoms with Crippen LogP contribution in [0.2, 0.25) is 0 Å². The molecule has 164 valence electrons. The average molecular weight is 396 g/mol. The molecule has 4 heteroatoms. The fourth-order valence-electron chi connectivity index (χ4n) is 3.32. The van der Waals surface area contributed by atoms with Gasteiger partial charge < -0.3 is 10.4 Å². The quantitative estimate of drug-likeness (QED) is 0.190. The van der Waals surface area contributed by atoms with Crippen LogP contribution in [0.15, 0.2) is 12.2 Å². The zero-order valence-corrected chi connectivity index (χ0v) is 18.7. The molecular formula is C24H45NO3. The van der Waals surface area contributed by atoms with Gasteiger partial charge in [0.15, 0.2) is 0 Å². The first-order valence-corrected chi connectivity index (χ1v) is 11.6. The molecule has 0 saturated heterocycles. The molecule has 0 radical (unpaired) electrons. The van der Waals surface area contributed by atoms with Gasteiger partial charge in [0.05, 0.1) is 0 Å². The van der Waals surface area contributed by atoms with Gasteiger partial charge in [-0.1, -0.05) is 84.3 Å². The number of aliphatic carboxylic acids is 1. The van der Waals surface area contributed by atoms with Crippen LogP contribution in [-0.2, 0) is 9.59 Å². The summed E-state index contributed by atoms with van der Waals surface area (Å²) in [5, 5.41) is 11.8. The summed E-state index contributed by atoms with van der Waals surface area (Å²) in [6, 6.07) is -0.754. The highest BCUT2D eigenvalue weighted by Crippen LogP contribution is 2.10. The van der Waals surface area contributed by atoms with Gasteiger partial charge >= 0.3 is 5.97 Å². The molecule has 0 aromatic carbocycles. The Morgan fingerprint density at radius 3 is 1.82 bits per heavy atom. The van der Waals surface area contributed by atoms with Gasteiger partial charge in [-0.3, -0.25) is 4.79 Å². The van der Waals surface area contributed by atoms with E-state index in [4.69, 9.17) is 5.11 Å². The van der Waals surface area contributed by atoms with Crippen molar-refractivity contribution < 1.29 is 14.7 Å². The van der Waals surface area contributed by atoms with Crippen LogP contribution >= 0.6 is 0 Å². The molecule has 0 unspecified atom stereocenters. The number of carbonyl (C=O) groups is 2. The Hall–Kier alpha value is -1.32. The topological polar surface area (TPSA) is 66.4 Å². The van der Waals surface area contributed by atoms with E-state index >= 15 is 0 Å². The first kappa shape index (κ1) is 26.7. The van der Waals surface area contributed by atoms with Crippen LogP contribution in [0.1, 0.15) is 117 Å². The molecule has 0 aliphatic rings. The van der Waals surface area contributed by atoms with Crippen molar-refractivity contribution in [1.82, 2.24) is 5.32 Å². The molecule has 0 rings (SSSR count). The lowest BCUT2D eigenvalue weighted by molar-refractivity contribution is -0.142. The van der Waals surface area contributed by atoms with Gasteiger partial charge in [0.2, 0.25) is 5.91 Å². The van der Waals surface area contributed by atoms with E-state index in [0.29, 0.717) is 12.8 Å². The van der Waals surface area contributed by atoms with E-state index in [1.54, 1.807) is 0 Å². The van der Waals surface area contributed by atoms with Crippen molar-refractivity contribution in [3.8, 4) is 0 Å². The fourth-order valence-corrected chi connectivity index (χ4v) is 3.32. The van der Waals surface area contributed by atoms with Crippen molar-refractivity contribution >= 4 is 11.9 Å². The van der Waals surface area contributed by atoms with Crippen molar-refractivity contribution in [2.24, 2.45) is 5.92 Å². The van der Waals surface area contributed by atoms with Crippen LogP contribution in [0.3, 0.4) is 0 Å². The smallest absolute Gasteiger partial charge is 0.326 e. The van der Waals surface area contributed by atoms with Gasteiger partial charge in [-0.15, -0.1) is 0 Å². The summed E-state index contributed by atoms with van der Waals surface area (Å²) in [5.74, 6) is -0.821. The van der Waals surface area contributed by atoms with E-state index in [0.717, 1.165) is 25.7 Å². The third kappa shape index (κ3) is 18.1. The number of rotatable bonds is 19. The summed E-state index contributed by atoms with van der Waals surface area (Å²) in [5.41, 5.74) is 0. The van der Waals surface area contributed by atoms with Crippen LogP contribution in [0.4, 0.5) is 0 Å². The van der Waals surface area contributed by atoms with E-state index in [1.807, 2.05) is 13.8 Å². The molecule has 0 aliphatic carbocycles. The maximum atomic E-state index is 11.9. The van der Waals surface area contributed by atoms with Gasteiger partial charge in [0.1, 0.15) is 6.04 Å². The van der Waals surface area contributed by atoms with Crippen molar-refractivity contribution in [3.05, 3.63) is 12.2 Å². The Kier molecular flexibility index (Phi) is 18.1. The molecule has 28 heavy (non-hydrogen) atoms.